The quantitative estimate of drug-likeness (QED) is 0.284. The minimum atomic E-state index is -0.640. The van der Waals surface area contributed by atoms with Gasteiger partial charge in [-0.1, -0.05) is 64.8 Å². The van der Waals surface area contributed by atoms with Crippen LogP contribution in [-0.4, -0.2) is 62.1 Å². The third kappa shape index (κ3) is 10.6. The van der Waals surface area contributed by atoms with Crippen molar-refractivity contribution in [1.82, 2.24) is 0 Å². The Hall–Kier alpha value is -2.12. The Morgan fingerprint density at radius 1 is 0.629 bits per heavy atom. The molecule has 0 heterocycles. The molecule has 6 nitrogen and oxygen atoms in total. The Morgan fingerprint density at radius 2 is 1.00 bits per heavy atom. The molecule has 0 radical (unpaired) electrons. The maximum absolute atomic E-state index is 10.0. The zero-order chi connectivity index (χ0) is 25.5. The van der Waals surface area contributed by atoms with Gasteiger partial charge in [-0.3, -0.25) is 0 Å². The van der Waals surface area contributed by atoms with Gasteiger partial charge in [-0.2, -0.15) is 0 Å². The van der Waals surface area contributed by atoms with Crippen LogP contribution in [0, 0.1) is 0 Å². The van der Waals surface area contributed by atoms with Crippen molar-refractivity contribution in [3.05, 3.63) is 59.7 Å². The van der Waals surface area contributed by atoms with Crippen molar-refractivity contribution in [2.75, 3.05) is 39.6 Å². The third-order valence-electron chi connectivity index (χ3n) is 5.94. The number of hydrogen-bond acceptors (Lipinski definition) is 6. The van der Waals surface area contributed by atoms with E-state index in [4.69, 9.17) is 18.9 Å². The predicted octanol–water partition coefficient (Wildman–Crippen LogP) is 5.13. The molecular formula is C29H44O6. The van der Waals surface area contributed by atoms with E-state index in [0.29, 0.717) is 13.2 Å². The fourth-order valence-corrected chi connectivity index (χ4v) is 3.51. The molecule has 0 saturated heterocycles. The average Bonchev–Trinajstić information content (AvgIpc) is 2.87. The Labute approximate surface area is 211 Å². The zero-order valence-corrected chi connectivity index (χ0v) is 21.9. The van der Waals surface area contributed by atoms with Gasteiger partial charge in [0.25, 0.3) is 0 Å². The molecule has 2 aromatic rings. The highest BCUT2D eigenvalue weighted by molar-refractivity contribution is 5.41. The van der Waals surface area contributed by atoms with Crippen molar-refractivity contribution in [3.8, 4) is 11.5 Å². The molecule has 196 valence electrons. The first-order valence-corrected chi connectivity index (χ1v) is 12.8. The first-order chi connectivity index (χ1) is 16.9. The summed E-state index contributed by atoms with van der Waals surface area (Å²) in [6.07, 6.45) is 2.87. The number of hydrogen-bond donors (Lipinski definition) is 2. The van der Waals surface area contributed by atoms with Crippen molar-refractivity contribution in [2.45, 2.75) is 71.0 Å². The van der Waals surface area contributed by atoms with Gasteiger partial charge in [0.15, 0.2) is 0 Å². The number of unbranched alkanes of at least 4 members (excludes halogenated alkanes) is 2. The third-order valence-corrected chi connectivity index (χ3v) is 5.94. The maximum Gasteiger partial charge on any atom is 0.119 e. The van der Waals surface area contributed by atoms with Gasteiger partial charge in [-0.05, 0) is 48.2 Å². The normalized spacial score (nSPS) is 13.4. The van der Waals surface area contributed by atoms with E-state index in [-0.39, 0.29) is 31.8 Å². The lowest BCUT2D eigenvalue weighted by Crippen LogP contribution is -2.24. The summed E-state index contributed by atoms with van der Waals surface area (Å²) in [7, 11) is 0. The molecular weight excluding hydrogens is 444 g/mol. The van der Waals surface area contributed by atoms with Crippen molar-refractivity contribution in [1.29, 1.82) is 0 Å². The molecule has 0 bridgehead atoms. The highest BCUT2D eigenvalue weighted by Crippen LogP contribution is 2.33. The van der Waals surface area contributed by atoms with Gasteiger partial charge in [0.05, 0.1) is 13.2 Å². The average molecular weight is 489 g/mol. The maximum atomic E-state index is 10.0. The minimum absolute atomic E-state index is 0.204. The number of rotatable bonds is 18. The van der Waals surface area contributed by atoms with E-state index in [2.05, 4.69) is 52.0 Å². The van der Waals surface area contributed by atoms with Crippen LogP contribution in [0.2, 0.25) is 0 Å². The summed E-state index contributed by atoms with van der Waals surface area (Å²) in [6, 6.07) is 16.0. The minimum Gasteiger partial charge on any atom is -0.491 e. The lowest BCUT2D eigenvalue weighted by molar-refractivity contribution is 0.0113. The van der Waals surface area contributed by atoms with Crippen LogP contribution in [0.5, 0.6) is 11.5 Å². The van der Waals surface area contributed by atoms with Crippen LogP contribution in [-0.2, 0) is 14.9 Å². The fraction of sp³-hybridized carbons (Fsp3) is 0.586. The van der Waals surface area contributed by atoms with E-state index in [1.807, 2.05) is 24.3 Å². The van der Waals surface area contributed by atoms with Gasteiger partial charge in [0.1, 0.15) is 36.9 Å². The summed E-state index contributed by atoms with van der Waals surface area (Å²) in [4.78, 5) is 0. The molecule has 0 aliphatic heterocycles. The lowest BCUT2D eigenvalue weighted by atomic mass is 9.78. The first kappa shape index (κ1) is 29.1. The Morgan fingerprint density at radius 3 is 1.34 bits per heavy atom. The SMILES string of the molecule is CCCCOCC(O)COc1ccc(C(C)(C)c2ccc(OCC(O)COCCCC)cc2)cc1. The Kier molecular flexibility index (Phi) is 13.1. The van der Waals surface area contributed by atoms with Crippen LogP contribution in [0.1, 0.15) is 64.5 Å². The fourth-order valence-electron chi connectivity index (χ4n) is 3.51. The molecule has 2 aromatic carbocycles. The van der Waals surface area contributed by atoms with E-state index >= 15 is 0 Å². The van der Waals surface area contributed by atoms with Crippen LogP contribution >= 0.6 is 0 Å². The van der Waals surface area contributed by atoms with Crippen molar-refractivity contribution in [3.63, 3.8) is 0 Å². The Bertz CT molecular complexity index is 735. The number of benzene rings is 2. The monoisotopic (exact) mass is 488 g/mol. The van der Waals surface area contributed by atoms with E-state index < -0.39 is 12.2 Å². The van der Waals surface area contributed by atoms with E-state index in [0.717, 1.165) is 48.3 Å². The largest absolute Gasteiger partial charge is 0.491 e. The van der Waals surface area contributed by atoms with E-state index in [1.165, 1.54) is 0 Å². The molecule has 2 N–H and O–H groups in total. The van der Waals surface area contributed by atoms with Crippen LogP contribution < -0.4 is 9.47 Å². The Balaban J connectivity index is 1.83. The summed E-state index contributed by atoms with van der Waals surface area (Å²) in [5, 5.41) is 20.0. The molecule has 0 aromatic heterocycles. The standard InChI is InChI=1S/C29H44O6/c1-5-7-17-32-19-25(30)21-34-27-13-9-23(10-14-27)29(3,4)24-11-15-28(16-12-24)35-22-26(31)20-33-18-8-6-2/h9-16,25-26,30-31H,5-8,17-22H2,1-4H3. The van der Waals surface area contributed by atoms with E-state index in [1.54, 1.807) is 0 Å². The second-order valence-corrected chi connectivity index (χ2v) is 9.46. The zero-order valence-electron chi connectivity index (χ0n) is 21.9. The van der Waals surface area contributed by atoms with Crippen LogP contribution in [0.4, 0.5) is 0 Å². The second-order valence-electron chi connectivity index (χ2n) is 9.46. The molecule has 6 heteroatoms. The van der Waals surface area contributed by atoms with Gasteiger partial charge in [-0.15, -0.1) is 0 Å². The number of aliphatic hydroxyl groups is 2. The highest BCUT2D eigenvalue weighted by atomic mass is 16.5. The molecule has 35 heavy (non-hydrogen) atoms. The highest BCUT2D eigenvalue weighted by Gasteiger charge is 2.23. The van der Waals surface area contributed by atoms with Gasteiger partial charge in [0, 0.05) is 18.6 Å². The van der Waals surface area contributed by atoms with Crippen molar-refractivity contribution in [2.24, 2.45) is 0 Å². The van der Waals surface area contributed by atoms with Gasteiger partial charge in [0.2, 0.25) is 0 Å². The van der Waals surface area contributed by atoms with Crippen LogP contribution in [0.15, 0.2) is 48.5 Å². The van der Waals surface area contributed by atoms with Crippen molar-refractivity contribution >= 4 is 0 Å². The molecule has 0 aliphatic carbocycles. The molecule has 2 unspecified atom stereocenters. The topological polar surface area (TPSA) is 77.4 Å². The summed E-state index contributed by atoms with van der Waals surface area (Å²) in [5.74, 6) is 1.44. The van der Waals surface area contributed by atoms with Crippen LogP contribution in [0.25, 0.3) is 0 Å². The van der Waals surface area contributed by atoms with Gasteiger partial charge in [-0.25, -0.2) is 0 Å². The molecule has 0 saturated carbocycles. The first-order valence-electron chi connectivity index (χ1n) is 12.8. The number of aliphatic hydroxyl groups excluding tert-OH is 2. The van der Waals surface area contributed by atoms with Gasteiger partial charge >= 0.3 is 0 Å². The predicted molar refractivity (Wildman–Crippen MR) is 139 cm³/mol. The summed E-state index contributed by atoms with van der Waals surface area (Å²) < 4.78 is 22.3. The van der Waals surface area contributed by atoms with Gasteiger partial charge < -0.3 is 29.2 Å². The summed E-state index contributed by atoms with van der Waals surface area (Å²) >= 11 is 0. The van der Waals surface area contributed by atoms with E-state index in [9.17, 15) is 10.2 Å². The molecule has 0 amide bonds. The number of ether oxygens (including phenoxy) is 4. The van der Waals surface area contributed by atoms with Crippen LogP contribution in [0.3, 0.4) is 0 Å². The molecule has 0 aliphatic rings. The molecule has 0 fully saturated rings. The molecule has 0 spiro atoms. The second kappa shape index (κ2) is 15.8. The summed E-state index contributed by atoms with van der Waals surface area (Å²) in [6.45, 7) is 10.9. The summed E-state index contributed by atoms with van der Waals surface area (Å²) in [5.41, 5.74) is 2.10. The van der Waals surface area contributed by atoms with Crippen molar-refractivity contribution < 1.29 is 29.2 Å². The molecule has 2 atom stereocenters. The molecule has 2 rings (SSSR count). The smallest absolute Gasteiger partial charge is 0.119 e. The lowest BCUT2D eigenvalue weighted by Gasteiger charge is -2.26.